The number of amides is 3. The topological polar surface area (TPSA) is 104 Å². The van der Waals surface area contributed by atoms with Gasteiger partial charge in [-0.3, -0.25) is 14.4 Å². The quantitative estimate of drug-likeness (QED) is 0.497. The van der Waals surface area contributed by atoms with E-state index in [0.29, 0.717) is 10.8 Å². The number of carbonyl (C=O) groups excluding carboxylic acids is 3. The fourth-order valence-electron chi connectivity index (χ4n) is 3.51. The number of halogens is 1. The van der Waals surface area contributed by atoms with Gasteiger partial charge in [0, 0.05) is 17.6 Å². The molecule has 1 aliphatic rings. The van der Waals surface area contributed by atoms with Crippen LogP contribution in [0.2, 0.25) is 0 Å². The fraction of sp³-hybridized carbons (Fsp3) is 0.348. The van der Waals surface area contributed by atoms with Gasteiger partial charge in [0.2, 0.25) is 11.8 Å². The lowest BCUT2D eigenvalue weighted by atomic mass is 10.1. The van der Waals surface area contributed by atoms with Gasteiger partial charge in [0.05, 0.1) is 5.56 Å². The average Bonchev–Trinajstić information content (AvgIpc) is 2.99. The molecule has 0 saturated heterocycles. The van der Waals surface area contributed by atoms with Crippen LogP contribution in [0.5, 0.6) is 0 Å². The summed E-state index contributed by atoms with van der Waals surface area (Å²) in [4.78, 5) is 39.9. The molecule has 10 heteroatoms. The predicted molar refractivity (Wildman–Crippen MR) is 127 cm³/mol. The van der Waals surface area contributed by atoms with E-state index in [2.05, 4.69) is 21.2 Å². The van der Waals surface area contributed by atoms with E-state index < -0.39 is 34.4 Å². The molecule has 33 heavy (non-hydrogen) atoms. The number of nitrogens with one attached hydrogen (secondary N) is 1. The zero-order valence-electron chi connectivity index (χ0n) is 18.5. The number of hydrogen-bond acceptors (Lipinski definition) is 5. The Morgan fingerprint density at radius 3 is 2.42 bits per heavy atom. The summed E-state index contributed by atoms with van der Waals surface area (Å²) >= 11 is 3.36. The number of nitrogens with zero attached hydrogens (tertiary/aromatic N) is 2. The lowest BCUT2D eigenvalue weighted by Crippen LogP contribution is -2.51. The van der Waals surface area contributed by atoms with Gasteiger partial charge in [-0.15, -0.1) is 0 Å². The van der Waals surface area contributed by atoms with Crippen LogP contribution in [0.3, 0.4) is 0 Å². The number of sulfonamides is 1. The van der Waals surface area contributed by atoms with Gasteiger partial charge >= 0.3 is 0 Å². The molecule has 1 aliphatic heterocycles. The van der Waals surface area contributed by atoms with Gasteiger partial charge in [0.15, 0.2) is 0 Å². The van der Waals surface area contributed by atoms with Crippen LogP contribution in [0, 0.1) is 0 Å². The SMILES string of the molecule is CCCCNC(=O)C(C)N(Cc1ccc(Br)cc1)C(=O)CN1C(=O)c2ccccc2S1(=O)=O. The summed E-state index contributed by atoms with van der Waals surface area (Å²) in [6.07, 6.45) is 1.71. The van der Waals surface area contributed by atoms with Crippen LogP contribution < -0.4 is 5.32 Å². The Morgan fingerprint density at radius 1 is 1.12 bits per heavy atom. The van der Waals surface area contributed by atoms with Crippen LogP contribution in [0.25, 0.3) is 0 Å². The summed E-state index contributed by atoms with van der Waals surface area (Å²) in [5.74, 6) is -1.73. The number of hydrogen-bond donors (Lipinski definition) is 1. The molecule has 0 radical (unpaired) electrons. The van der Waals surface area contributed by atoms with Crippen LogP contribution >= 0.6 is 15.9 Å². The molecule has 2 aromatic rings. The third-order valence-corrected chi connectivity index (χ3v) is 7.77. The minimum absolute atomic E-state index is 0.0371. The maximum Gasteiger partial charge on any atom is 0.269 e. The lowest BCUT2D eigenvalue weighted by Gasteiger charge is -2.30. The first-order valence-corrected chi connectivity index (χ1v) is 12.9. The molecule has 0 bridgehead atoms. The van der Waals surface area contributed by atoms with Crippen molar-refractivity contribution in [2.45, 2.75) is 44.2 Å². The van der Waals surface area contributed by atoms with Crippen LogP contribution in [-0.2, 0) is 26.2 Å². The molecule has 1 heterocycles. The van der Waals surface area contributed by atoms with Gasteiger partial charge in [-0.2, -0.15) is 0 Å². The number of rotatable bonds is 9. The summed E-state index contributed by atoms with van der Waals surface area (Å²) in [5.41, 5.74) is 0.800. The monoisotopic (exact) mass is 535 g/mol. The van der Waals surface area contributed by atoms with Crippen molar-refractivity contribution in [3.63, 3.8) is 0 Å². The molecule has 1 N–H and O–H groups in total. The first kappa shape index (κ1) is 24.9. The van der Waals surface area contributed by atoms with Crippen molar-refractivity contribution in [2.24, 2.45) is 0 Å². The normalized spacial score (nSPS) is 15.1. The molecule has 2 aromatic carbocycles. The average molecular weight is 536 g/mol. The van der Waals surface area contributed by atoms with Gasteiger partial charge in [-0.25, -0.2) is 12.7 Å². The van der Waals surface area contributed by atoms with Gasteiger partial charge < -0.3 is 10.2 Å². The summed E-state index contributed by atoms with van der Waals surface area (Å²) in [7, 11) is -4.14. The molecule has 0 aromatic heterocycles. The highest BCUT2D eigenvalue weighted by atomic mass is 79.9. The predicted octanol–water partition coefficient (Wildman–Crippen LogP) is 2.93. The molecule has 1 atom stereocenters. The molecular weight excluding hydrogens is 510 g/mol. The summed E-state index contributed by atoms with van der Waals surface area (Å²) in [5, 5.41) is 2.81. The van der Waals surface area contributed by atoms with Crippen LogP contribution in [0.1, 0.15) is 42.6 Å². The number of carbonyl (C=O) groups is 3. The van der Waals surface area contributed by atoms with Crippen LogP contribution in [0.15, 0.2) is 57.9 Å². The standard InChI is InChI=1S/C23H26BrN3O5S/c1-3-4-13-25-22(29)16(2)26(14-17-9-11-18(24)12-10-17)21(28)15-27-23(30)19-7-5-6-8-20(19)33(27,31)32/h5-12,16H,3-4,13-15H2,1-2H3,(H,25,29). The molecule has 3 rings (SSSR count). The van der Waals surface area contributed by atoms with Crippen molar-refractivity contribution in [3.05, 3.63) is 64.1 Å². The Balaban J connectivity index is 1.85. The first-order chi connectivity index (χ1) is 15.7. The largest absolute Gasteiger partial charge is 0.354 e. The van der Waals surface area contributed by atoms with Crippen molar-refractivity contribution < 1.29 is 22.8 Å². The smallest absolute Gasteiger partial charge is 0.269 e. The zero-order valence-corrected chi connectivity index (χ0v) is 20.9. The molecule has 8 nitrogen and oxygen atoms in total. The number of unbranched alkanes of at least 4 members (excludes halogenated alkanes) is 1. The van der Waals surface area contributed by atoms with E-state index in [1.807, 2.05) is 19.1 Å². The highest BCUT2D eigenvalue weighted by Gasteiger charge is 2.43. The van der Waals surface area contributed by atoms with Gasteiger partial charge in [-0.05, 0) is 43.2 Å². The second-order valence-electron chi connectivity index (χ2n) is 7.78. The summed E-state index contributed by atoms with van der Waals surface area (Å²) in [6.45, 7) is 3.48. The van der Waals surface area contributed by atoms with Crippen molar-refractivity contribution >= 4 is 43.7 Å². The Hall–Kier alpha value is -2.72. The van der Waals surface area contributed by atoms with E-state index in [4.69, 9.17) is 0 Å². The highest BCUT2D eigenvalue weighted by Crippen LogP contribution is 2.30. The third kappa shape index (κ3) is 5.44. The summed E-state index contributed by atoms with van der Waals surface area (Å²) < 4.78 is 27.2. The van der Waals surface area contributed by atoms with Crippen molar-refractivity contribution in [3.8, 4) is 0 Å². The highest BCUT2D eigenvalue weighted by molar-refractivity contribution is 9.10. The Labute approximate surface area is 202 Å². The minimum atomic E-state index is -4.14. The van der Waals surface area contributed by atoms with Gasteiger partial charge in [0.25, 0.3) is 15.9 Å². The second kappa shape index (κ2) is 10.5. The van der Waals surface area contributed by atoms with E-state index in [0.717, 1.165) is 22.9 Å². The summed E-state index contributed by atoms with van der Waals surface area (Å²) in [6, 6.07) is 12.2. The van der Waals surface area contributed by atoms with Gasteiger partial charge in [0.1, 0.15) is 17.5 Å². The Kier molecular flexibility index (Phi) is 7.91. The molecule has 3 amide bonds. The fourth-order valence-corrected chi connectivity index (χ4v) is 5.29. The number of fused-ring (bicyclic) bond motifs is 1. The van der Waals surface area contributed by atoms with E-state index in [1.54, 1.807) is 25.1 Å². The van der Waals surface area contributed by atoms with E-state index in [9.17, 15) is 22.8 Å². The van der Waals surface area contributed by atoms with E-state index in [1.165, 1.54) is 23.1 Å². The van der Waals surface area contributed by atoms with E-state index >= 15 is 0 Å². The maximum absolute atomic E-state index is 13.3. The minimum Gasteiger partial charge on any atom is -0.354 e. The maximum atomic E-state index is 13.3. The first-order valence-electron chi connectivity index (χ1n) is 10.6. The van der Waals surface area contributed by atoms with Crippen LogP contribution in [0.4, 0.5) is 0 Å². The second-order valence-corrected chi connectivity index (χ2v) is 10.5. The lowest BCUT2D eigenvalue weighted by molar-refractivity contribution is -0.140. The molecule has 176 valence electrons. The molecule has 0 saturated carbocycles. The molecule has 0 spiro atoms. The molecule has 0 fully saturated rings. The van der Waals surface area contributed by atoms with E-state index in [-0.39, 0.29) is 22.9 Å². The van der Waals surface area contributed by atoms with Crippen molar-refractivity contribution in [1.29, 1.82) is 0 Å². The molecule has 1 unspecified atom stereocenters. The Morgan fingerprint density at radius 2 is 1.79 bits per heavy atom. The van der Waals surface area contributed by atoms with Crippen molar-refractivity contribution in [1.82, 2.24) is 14.5 Å². The van der Waals surface area contributed by atoms with Crippen LogP contribution in [-0.4, -0.2) is 54.5 Å². The number of benzene rings is 2. The molecule has 0 aliphatic carbocycles. The molecular formula is C23H26BrN3O5S. The zero-order chi connectivity index (χ0) is 24.2. The Bertz CT molecular complexity index is 1150. The third-order valence-electron chi connectivity index (χ3n) is 5.45. The van der Waals surface area contributed by atoms with Crippen molar-refractivity contribution in [2.75, 3.05) is 13.1 Å². The van der Waals surface area contributed by atoms with Gasteiger partial charge in [-0.1, -0.05) is 53.5 Å².